The number of hydrogen-bond donors (Lipinski definition) is 2. The number of rotatable bonds is 5. The minimum absolute atomic E-state index is 0.0479. The van der Waals surface area contributed by atoms with Gasteiger partial charge in [-0.15, -0.1) is 0 Å². The van der Waals surface area contributed by atoms with Crippen LogP contribution >= 0.6 is 0 Å². The zero-order chi connectivity index (χ0) is 18.6. The van der Waals surface area contributed by atoms with Crippen LogP contribution in [0, 0.1) is 12.8 Å². The van der Waals surface area contributed by atoms with Gasteiger partial charge in [-0.05, 0) is 31.4 Å². The molecular weight excluding hydrogens is 320 g/mol. The molecule has 2 N–H and O–H groups in total. The second-order valence-electron chi connectivity index (χ2n) is 6.94. The van der Waals surface area contributed by atoms with Crippen molar-refractivity contribution in [3.05, 3.63) is 35.4 Å². The molecule has 25 heavy (non-hydrogen) atoms. The van der Waals surface area contributed by atoms with Gasteiger partial charge >= 0.3 is 0 Å². The highest BCUT2D eigenvalue weighted by atomic mass is 16.5. The molecule has 0 spiro atoms. The van der Waals surface area contributed by atoms with Crippen LogP contribution in [-0.2, 0) is 9.53 Å². The van der Waals surface area contributed by atoms with Crippen molar-refractivity contribution in [3.63, 3.8) is 0 Å². The molecule has 0 radical (unpaired) electrons. The molecule has 0 aliphatic carbocycles. The molecule has 3 unspecified atom stereocenters. The molecule has 1 saturated heterocycles. The lowest BCUT2D eigenvalue weighted by Crippen LogP contribution is -2.56. The second kappa shape index (κ2) is 8.45. The Morgan fingerprint density at radius 2 is 1.96 bits per heavy atom. The number of hydrogen-bond acceptors (Lipinski definition) is 4. The van der Waals surface area contributed by atoms with Crippen LogP contribution in [0.4, 0.5) is 0 Å². The van der Waals surface area contributed by atoms with Crippen LogP contribution in [0.3, 0.4) is 0 Å². The van der Waals surface area contributed by atoms with Crippen LogP contribution in [0.15, 0.2) is 24.3 Å². The number of nitrogens with one attached hydrogen (secondary N) is 1. The minimum Gasteiger partial charge on any atom is -0.391 e. The third-order valence-electron chi connectivity index (χ3n) is 4.55. The van der Waals surface area contributed by atoms with E-state index in [0.717, 1.165) is 5.56 Å². The van der Waals surface area contributed by atoms with E-state index in [4.69, 9.17) is 4.74 Å². The average molecular weight is 348 g/mol. The number of ether oxygens (including phenoxy) is 1. The minimum atomic E-state index is -0.644. The highest BCUT2D eigenvalue weighted by Gasteiger charge is 2.33. The highest BCUT2D eigenvalue weighted by molar-refractivity contribution is 5.98. The van der Waals surface area contributed by atoms with Crippen molar-refractivity contribution in [2.75, 3.05) is 19.7 Å². The number of carbonyl (C=O) groups excluding carboxylic acids is 2. The smallest absolute Gasteiger partial charge is 0.252 e. The average Bonchev–Trinajstić information content (AvgIpc) is 2.59. The van der Waals surface area contributed by atoms with E-state index in [2.05, 4.69) is 5.32 Å². The third kappa shape index (κ3) is 4.80. The van der Waals surface area contributed by atoms with E-state index in [1.807, 2.05) is 39.0 Å². The number of nitrogens with zero attached hydrogens (tertiary/aromatic N) is 1. The van der Waals surface area contributed by atoms with Crippen molar-refractivity contribution < 1.29 is 19.4 Å². The third-order valence-corrected chi connectivity index (χ3v) is 4.55. The summed E-state index contributed by atoms with van der Waals surface area (Å²) in [7, 11) is 0. The summed E-state index contributed by atoms with van der Waals surface area (Å²) < 4.78 is 5.49. The largest absolute Gasteiger partial charge is 0.391 e. The number of carbonyl (C=O) groups is 2. The molecule has 0 aromatic heterocycles. The fraction of sp³-hybridized carbons (Fsp3) is 0.579. The number of benzene rings is 1. The zero-order valence-corrected chi connectivity index (χ0v) is 15.4. The van der Waals surface area contributed by atoms with Crippen molar-refractivity contribution in [1.29, 1.82) is 0 Å². The molecular formula is C19H28N2O4. The molecule has 0 saturated carbocycles. The first-order valence-corrected chi connectivity index (χ1v) is 8.76. The molecule has 2 amide bonds. The summed E-state index contributed by atoms with van der Waals surface area (Å²) in [6.07, 6.45) is -1.03. The molecule has 1 aliphatic heterocycles. The summed E-state index contributed by atoms with van der Waals surface area (Å²) in [4.78, 5) is 27.2. The molecule has 1 aromatic rings. The molecule has 2 rings (SSSR count). The first kappa shape index (κ1) is 19.4. The van der Waals surface area contributed by atoms with Crippen LogP contribution in [-0.4, -0.2) is 59.8 Å². The molecule has 6 heteroatoms. The Balaban J connectivity index is 2.11. The van der Waals surface area contributed by atoms with Gasteiger partial charge in [-0.3, -0.25) is 9.59 Å². The Morgan fingerprint density at radius 3 is 2.56 bits per heavy atom. The summed E-state index contributed by atoms with van der Waals surface area (Å²) in [5, 5.41) is 12.6. The summed E-state index contributed by atoms with van der Waals surface area (Å²) >= 11 is 0. The highest BCUT2D eigenvalue weighted by Crippen LogP contribution is 2.15. The van der Waals surface area contributed by atoms with Gasteiger partial charge in [0.25, 0.3) is 5.91 Å². The predicted octanol–water partition coefficient (Wildman–Crippen LogP) is 1.36. The summed E-state index contributed by atoms with van der Waals surface area (Å²) in [5.74, 6) is -0.426. The molecule has 1 fully saturated rings. The number of morpholine rings is 1. The Bertz CT molecular complexity index is 615. The quantitative estimate of drug-likeness (QED) is 0.842. The lowest BCUT2D eigenvalue weighted by atomic mass is 10.0. The first-order chi connectivity index (χ1) is 11.8. The summed E-state index contributed by atoms with van der Waals surface area (Å²) in [6, 6.07) is 6.70. The van der Waals surface area contributed by atoms with Crippen molar-refractivity contribution >= 4 is 11.8 Å². The zero-order valence-electron chi connectivity index (χ0n) is 15.4. The van der Waals surface area contributed by atoms with Gasteiger partial charge in [0.15, 0.2) is 0 Å². The van der Waals surface area contributed by atoms with Gasteiger partial charge in [0, 0.05) is 18.7 Å². The van der Waals surface area contributed by atoms with Gasteiger partial charge < -0.3 is 20.1 Å². The Hall–Kier alpha value is -1.92. The standard InChI is InChI=1S/C19H28N2O4/c1-12(2)17(20-18(23)15-8-6-5-7-13(15)3)19(24)21-9-10-25-16(11-21)14(4)22/h5-8,12,14,16-17,22H,9-11H2,1-4H3,(H,20,23). The van der Waals surface area contributed by atoms with Gasteiger partial charge in [-0.25, -0.2) is 0 Å². The van der Waals surface area contributed by atoms with Gasteiger partial charge in [0.1, 0.15) is 12.1 Å². The molecule has 1 heterocycles. The monoisotopic (exact) mass is 348 g/mol. The van der Waals surface area contributed by atoms with Crippen molar-refractivity contribution in [3.8, 4) is 0 Å². The number of amides is 2. The summed E-state index contributed by atoms with van der Waals surface area (Å²) in [6.45, 7) is 8.53. The Morgan fingerprint density at radius 1 is 1.28 bits per heavy atom. The van der Waals surface area contributed by atoms with Crippen molar-refractivity contribution in [1.82, 2.24) is 10.2 Å². The first-order valence-electron chi connectivity index (χ1n) is 8.76. The number of aliphatic hydroxyl groups excluding tert-OH is 1. The molecule has 6 nitrogen and oxygen atoms in total. The van der Waals surface area contributed by atoms with E-state index in [-0.39, 0.29) is 17.7 Å². The van der Waals surface area contributed by atoms with E-state index in [1.165, 1.54) is 0 Å². The normalized spacial score (nSPS) is 20.2. The van der Waals surface area contributed by atoms with Crippen LogP contribution in [0.5, 0.6) is 0 Å². The lowest BCUT2D eigenvalue weighted by molar-refractivity contribution is -0.146. The molecule has 0 bridgehead atoms. The Kier molecular flexibility index (Phi) is 6.56. The molecule has 1 aliphatic rings. The van der Waals surface area contributed by atoms with Crippen molar-refractivity contribution in [2.45, 2.75) is 45.9 Å². The van der Waals surface area contributed by atoms with Gasteiger partial charge in [0.2, 0.25) is 5.91 Å². The lowest BCUT2D eigenvalue weighted by Gasteiger charge is -2.37. The SMILES string of the molecule is Cc1ccccc1C(=O)NC(C(=O)N1CCOC(C(C)O)C1)C(C)C. The molecule has 138 valence electrons. The number of aliphatic hydroxyl groups is 1. The topological polar surface area (TPSA) is 78.9 Å². The van der Waals surface area contributed by atoms with E-state index < -0.39 is 18.2 Å². The maximum Gasteiger partial charge on any atom is 0.252 e. The molecule has 1 aromatic carbocycles. The summed E-state index contributed by atoms with van der Waals surface area (Å²) in [5.41, 5.74) is 1.44. The van der Waals surface area contributed by atoms with Crippen LogP contribution in [0.25, 0.3) is 0 Å². The fourth-order valence-corrected chi connectivity index (χ4v) is 2.92. The fourth-order valence-electron chi connectivity index (χ4n) is 2.92. The van der Waals surface area contributed by atoms with Crippen LogP contribution < -0.4 is 5.32 Å². The van der Waals surface area contributed by atoms with Gasteiger partial charge in [-0.2, -0.15) is 0 Å². The number of aryl methyl sites for hydroxylation is 1. The van der Waals surface area contributed by atoms with Crippen molar-refractivity contribution in [2.24, 2.45) is 5.92 Å². The maximum atomic E-state index is 12.9. The Labute approximate surface area is 149 Å². The van der Waals surface area contributed by atoms with E-state index in [0.29, 0.717) is 25.3 Å². The predicted molar refractivity (Wildman–Crippen MR) is 95.3 cm³/mol. The maximum absolute atomic E-state index is 12.9. The second-order valence-corrected chi connectivity index (χ2v) is 6.94. The van der Waals surface area contributed by atoms with E-state index >= 15 is 0 Å². The van der Waals surface area contributed by atoms with Gasteiger partial charge in [-0.1, -0.05) is 32.0 Å². The van der Waals surface area contributed by atoms with E-state index in [9.17, 15) is 14.7 Å². The van der Waals surface area contributed by atoms with E-state index in [1.54, 1.807) is 17.9 Å². The van der Waals surface area contributed by atoms with Crippen LogP contribution in [0.1, 0.15) is 36.7 Å². The molecule has 3 atom stereocenters. The van der Waals surface area contributed by atoms with Crippen LogP contribution in [0.2, 0.25) is 0 Å². The van der Waals surface area contributed by atoms with Gasteiger partial charge in [0.05, 0.1) is 12.7 Å².